The van der Waals surface area contributed by atoms with Crippen molar-refractivity contribution >= 4 is 6.29 Å². The Labute approximate surface area is 151 Å². The Morgan fingerprint density at radius 2 is 2.16 bits per heavy atom. The standard InChI is InChI=1S/C21H32O4/c1-15(7-6-12-22)8-10-21(4)11-9-17-18(21)13-16(14-19(23)24-5)25-20(17,2)3/h12-14,16-17,23H,1,6-11H2,2-5H3/p-1/b19-14-/t16?,17-,21-/m1/s1. The Kier molecular flexibility index (Phi) is 6.15. The lowest BCUT2D eigenvalue weighted by Crippen LogP contribution is -2.42. The van der Waals surface area contributed by atoms with E-state index >= 15 is 0 Å². The van der Waals surface area contributed by atoms with Crippen LogP contribution in [-0.4, -0.2) is 25.1 Å². The molecule has 1 aliphatic heterocycles. The van der Waals surface area contributed by atoms with Crippen LogP contribution in [0.2, 0.25) is 0 Å². The van der Waals surface area contributed by atoms with Gasteiger partial charge >= 0.3 is 0 Å². The molecular weight excluding hydrogens is 316 g/mol. The third-order valence-electron chi connectivity index (χ3n) is 5.83. The molecule has 2 aliphatic rings. The minimum absolute atomic E-state index is 0.0953. The summed E-state index contributed by atoms with van der Waals surface area (Å²) in [5.41, 5.74) is 2.34. The summed E-state index contributed by atoms with van der Waals surface area (Å²) in [4.78, 5) is 10.5. The van der Waals surface area contributed by atoms with Crippen molar-refractivity contribution in [1.82, 2.24) is 0 Å². The number of aldehydes is 1. The molecule has 4 nitrogen and oxygen atoms in total. The van der Waals surface area contributed by atoms with Crippen LogP contribution in [0.1, 0.15) is 59.3 Å². The predicted molar refractivity (Wildman–Crippen MR) is 96.6 cm³/mol. The molecular formula is C21H31O4-. The summed E-state index contributed by atoms with van der Waals surface area (Å²) in [7, 11) is 1.38. The lowest BCUT2D eigenvalue weighted by Gasteiger charge is -2.42. The van der Waals surface area contributed by atoms with Crippen LogP contribution in [-0.2, 0) is 14.3 Å². The molecule has 140 valence electrons. The first-order chi connectivity index (χ1) is 11.7. The average molecular weight is 347 g/mol. The molecule has 4 heteroatoms. The van der Waals surface area contributed by atoms with Crippen molar-refractivity contribution in [2.75, 3.05) is 7.11 Å². The van der Waals surface area contributed by atoms with Crippen LogP contribution in [0.25, 0.3) is 0 Å². The van der Waals surface area contributed by atoms with Gasteiger partial charge in [0.15, 0.2) is 0 Å². The van der Waals surface area contributed by atoms with Gasteiger partial charge < -0.3 is 19.4 Å². The largest absolute Gasteiger partial charge is 0.617 e. The van der Waals surface area contributed by atoms with Crippen LogP contribution < -0.4 is 5.11 Å². The van der Waals surface area contributed by atoms with Crippen LogP contribution in [0.3, 0.4) is 0 Å². The molecule has 25 heavy (non-hydrogen) atoms. The number of hydrogen-bond donors (Lipinski definition) is 0. The van der Waals surface area contributed by atoms with Gasteiger partial charge in [-0.1, -0.05) is 30.7 Å². The normalized spacial score (nSPS) is 31.2. The number of ether oxygens (including phenoxy) is 2. The van der Waals surface area contributed by atoms with E-state index < -0.39 is 0 Å². The third-order valence-corrected chi connectivity index (χ3v) is 5.83. The van der Waals surface area contributed by atoms with Crippen LogP contribution in [0.5, 0.6) is 0 Å². The highest BCUT2D eigenvalue weighted by atomic mass is 16.6. The van der Waals surface area contributed by atoms with Crippen molar-refractivity contribution < 1.29 is 19.4 Å². The number of carbonyl (C=O) groups is 1. The molecule has 0 aromatic heterocycles. The Bertz CT molecular complexity index is 572. The van der Waals surface area contributed by atoms with E-state index in [1.807, 2.05) is 0 Å². The number of allylic oxidation sites excluding steroid dienone is 1. The second-order valence-corrected chi connectivity index (χ2v) is 8.11. The van der Waals surface area contributed by atoms with Crippen LogP contribution in [0.15, 0.2) is 35.8 Å². The average Bonchev–Trinajstić information content (AvgIpc) is 2.89. The third kappa shape index (κ3) is 4.55. The number of fused-ring (bicyclic) bond motifs is 1. The molecule has 2 rings (SSSR count). The second kappa shape index (κ2) is 7.77. The van der Waals surface area contributed by atoms with Crippen molar-refractivity contribution in [3.05, 3.63) is 35.8 Å². The number of hydrogen-bond acceptors (Lipinski definition) is 4. The molecule has 0 saturated heterocycles. The maximum absolute atomic E-state index is 11.6. The molecule has 1 fully saturated rings. The van der Waals surface area contributed by atoms with E-state index in [2.05, 4.69) is 33.4 Å². The minimum atomic E-state index is -0.363. The molecule has 0 spiro atoms. The molecule has 0 radical (unpaired) electrons. The van der Waals surface area contributed by atoms with Gasteiger partial charge in [-0.3, -0.25) is 0 Å². The molecule has 0 bridgehead atoms. The fourth-order valence-corrected chi connectivity index (χ4v) is 4.26. The summed E-state index contributed by atoms with van der Waals surface area (Å²) in [6, 6.07) is 0. The lowest BCUT2D eigenvalue weighted by atomic mass is 9.73. The Hall–Kier alpha value is -1.55. The van der Waals surface area contributed by atoms with E-state index in [-0.39, 0.29) is 23.1 Å². The summed E-state index contributed by atoms with van der Waals surface area (Å²) in [5, 5.41) is 11.6. The van der Waals surface area contributed by atoms with Gasteiger partial charge in [-0.05, 0) is 64.6 Å². The van der Waals surface area contributed by atoms with E-state index in [9.17, 15) is 9.90 Å². The Morgan fingerprint density at radius 1 is 1.44 bits per heavy atom. The van der Waals surface area contributed by atoms with Gasteiger partial charge in [-0.25, -0.2) is 0 Å². The van der Waals surface area contributed by atoms with Gasteiger partial charge in [0.05, 0.1) is 11.7 Å². The van der Waals surface area contributed by atoms with Gasteiger partial charge in [0.25, 0.3) is 0 Å². The smallest absolute Gasteiger partial charge is 0.120 e. The first kappa shape index (κ1) is 19.8. The van der Waals surface area contributed by atoms with Gasteiger partial charge in [0.2, 0.25) is 0 Å². The Morgan fingerprint density at radius 3 is 2.80 bits per heavy atom. The SMILES string of the molecule is C=C(CCC=O)CC[C@]1(C)CC[C@@H]2C1=CC(/C=C(/[O-])OC)OC2(C)C. The molecule has 1 saturated carbocycles. The van der Waals surface area contributed by atoms with Crippen LogP contribution in [0.4, 0.5) is 0 Å². The van der Waals surface area contributed by atoms with Crippen molar-refractivity contribution in [3.8, 4) is 0 Å². The molecule has 1 unspecified atom stereocenters. The minimum Gasteiger partial charge on any atom is -0.617 e. The van der Waals surface area contributed by atoms with Gasteiger partial charge in [0.1, 0.15) is 6.29 Å². The fraction of sp³-hybridized carbons (Fsp3) is 0.667. The fourth-order valence-electron chi connectivity index (χ4n) is 4.26. The molecule has 0 aromatic carbocycles. The molecule has 1 heterocycles. The van der Waals surface area contributed by atoms with Crippen molar-refractivity contribution in [1.29, 1.82) is 0 Å². The van der Waals surface area contributed by atoms with E-state index in [1.165, 1.54) is 18.8 Å². The van der Waals surface area contributed by atoms with Gasteiger partial charge in [-0.15, -0.1) is 0 Å². The van der Waals surface area contributed by atoms with Crippen molar-refractivity contribution in [2.24, 2.45) is 11.3 Å². The van der Waals surface area contributed by atoms with Gasteiger partial charge in [-0.2, -0.15) is 0 Å². The Balaban J connectivity index is 2.18. The first-order valence-electron chi connectivity index (χ1n) is 9.15. The highest BCUT2D eigenvalue weighted by Crippen LogP contribution is 2.56. The summed E-state index contributed by atoms with van der Waals surface area (Å²) in [5.74, 6) is 0.0149. The quantitative estimate of drug-likeness (QED) is 0.382. The van der Waals surface area contributed by atoms with E-state index in [4.69, 9.17) is 9.47 Å². The van der Waals surface area contributed by atoms with Crippen molar-refractivity contribution in [3.63, 3.8) is 0 Å². The predicted octanol–water partition coefficient (Wildman–Crippen LogP) is 3.67. The maximum Gasteiger partial charge on any atom is 0.120 e. The number of methoxy groups -OCH3 is 1. The number of carbonyl (C=O) groups excluding carboxylic acids is 1. The van der Waals surface area contributed by atoms with E-state index in [0.29, 0.717) is 12.3 Å². The zero-order valence-corrected chi connectivity index (χ0v) is 16.0. The summed E-state index contributed by atoms with van der Waals surface area (Å²) in [6.07, 6.45) is 9.73. The van der Waals surface area contributed by atoms with E-state index in [0.717, 1.165) is 44.0 Å². The number of rotatable bonds is 8. The zero-order valence-electron chi connectivity index (χ0n) is 16.0. The molecule has 0 aromatic rings. The molecule has 3 atom stereocenters. The summed E-state index contributed by atoms with van der Waals surface area (Å²) < 4.78 is 10.9. The van der Waals surface area contributed by atoms with Crippen LogP contribution in [0, 0.1) is 11.3 Å². The first-order valence-corrected chi connectivity index (χ1v) is 9.15. The maximum atomic E-state index is 11.6. The zero-order chi connectivity index (χ0) is 18.7. The summed E-state index contributed by atoms with van der Waals surface area (Å²) in [6.45, 7) is 10.6. The highest BCUT2D eigenvalue weighted by Gasteiger charge is 2.49. The highest BCUT2D eigenvalue weighted by molar-refractivity contribution is 5.49. The molecule has 0 amide bonds. The molecule has 0 N–H and O–H groups in total. The second-order valence-electron chi connectivity index (χ2n) is 8.11. The van der Waals surface area contributed by atoms with Gasteiger partial charge in [0, 0.05) is 18.3 Å². The topological polar surface area (TPSA) is 58.6 Å². The lowest BCUT2D eigenvalue weighted by molar-refractivity contribution is -0.354. The monoisotopic (exact) mass is 347 g/mol. The van der Waals surface area contributed by atoms with Crippen molar-refractivity contribution in [2.45, 2.75) is 71.0 Å². The molecule has 1 aliphatic carbocycles. The van der Waals surface area contributed by atoms with Crippen LogP contribution >= 0.6 is 0 Å². The van der Waals surface area contributed by atoms with E-state index in [1.54, 1.807) is 0 Å². The summed E-state index contributed by atoms with van der Waals surface area (Å²) >= 11 is 0.